The van der Waals surface area contributed by atoms with Crippen molar-refractivity contribution in [3.63, 3.8) is 0 Å². The molecular formula is C23H29N3O3S. The molecule has 160 valence electrons. The lowest BCUT2D eigenvalue weighted by atomic mass is 9.78. The van der Waals surface area contributed by atoms with Crippen molar-refractivity contribution in [3.8, 4) is 0 Å². The lowest BCUT2D eigenvalue weighted by Gasteiger charge is -2.36. The zero-order valence-electron chi connectivity index (χ0n) is 17.4. The van der Waals surface area contributed by atoms with Crippen molar-refractivity contribution in [1.82, 2.24) is 4.31 Å². The van der Waals surface area contributed by atoms with Gasteiger partial charge in [-0.15, -0.1) is 0 Å². The number of piperazine rings is 1. The molecule has 1 aliphatic heterocycles. The molecule has 1 saturated carbocycles. The maximum atomic E-state index is 13.5. The van der Waals surface area contributed by atoms with Gasteiger partial charge in [-0.05, 0) is 30.5 Å². The molecule has 1 heterocycles. The molecule has 1 N–H and O–H groups in total. The van der Waals surface area contributed by atoms with Gasteiger partial charge in [-0.3, -0.25) is 4.79 Å². The van der Waals surface area contributed by atoms with Crippen LogP contribution < -0.4 is 10.2 Å². The second kappa shape index (κ2) is 8.40. The Bertz CT molecular complexity index is 993. The number of nitrogens with zero attached hydrogens (tertiary/aromatic N) is 2. The summed E-state index contributed by atoms with van der Waals surface area (Å²) in [5.41, 5.74) is 2.33. The number of carbonyl (C=O) groups excluding carboxylic acids is 1. The van der Waals surface area contributed by atoms with Gasteiger partial charge >= 0.3 is 0 Å². The van der Waals surface area contributed by atoms with E-state index < -0.39 is 15.4 Å². The average Bonchev–Trinajstić information content (AvgIpc) is 3.26. The van der Waals surface area contributed by atoms with E-state index in [1.165, 1.54) is 10.6 Å². The number of carbonyl (C=O) groups is 1. The Balaban J connectivity index is 1.55. The van der Waals surface area contributed by atoms with Gasteiger partial charge in [0.05, 0.1) is 23.0 Å². The third-order valence-corrected chi connectivity index (χ3v) is 7.72. The van der Waals surface area contributed by atoms with E-state index in [2.05, 4.69) is 22.3 Å². The van der Waals surface area contributed by atoms with Crippen molar-refractivity contribution in [3.05, 3.63) is 60.2 Å². The van der Waals surface area contributed by atoms with Gasteiger partial charge < -0.3 is 10.2 Å². The molecule has 30 heavy (non-hydrogen) atoms. The van der Waals surface area contributed by atoms with Crippen LogP contribution >= 0.6 is 0 Å². The van der Waals surface area contributed by atoms with Gasteiger partial charge in [0, 0.05) is 26.2 Å². The van der Waals surface area contributed by atoms with Crippen molar-refractivity contribution in [2.45, 2.75) is 31.1 Å². The highest BCUT2D eigenvalue weighted by atomic mass is 32.2. The first-order chi connectivity index (χ1) is 14.4. The minimum absolute atomic E-state index is 0.0495. The maximum absolute atomic E-state index is 13.5. The number of sulfonamides is 1. The molecule has 0 atom stereocenters. The van der Waals surface area contributed by atoms with Crippen LogP contribution in [0.1, 0.15) is 31.2 Å². The van der Waals surface area contributed by atoms with Gasteiger partial charge in [0.1, 0.15) is 0 Å². The number of hydrogen-bond donors (Lipinski definition) is 1. The third kappa shape index (κ3) is 4.09. The molecule has 7 heteroatoms. The van der Waals surface area contributed by atoms with Crippen molar-refractivity contribution in [1.29, 1.82) is 0 Å². The van der Waals surface area contributed by atoms with Crippen LogP contribution in [-0.2, 0) is 20.2 Å². The predicted octanol–water partition coefficient (Wildman–Crippen LogP) is 3.22. The zero-order valence-corrected chi connectivity index (χ0v) is 18.2. The van der Waals surface area contributed by atoms with E-state index in [0.29, 0.717) is 26.2 Å². The molecule has 2 fully saturated rings. The van der Waals surface area contributed by atoms with E-state index in [4.69, 9.17) is 0 Å². The largest absolute Gasteiger partial charge is 0.367 e. The Morgan fingerprint density at radius 3 is 2.13 bits per heavy atom. The van der Waals surface area contributed by atoms with Gasteiger partial charge in [0.15, 0.2) is 0 Å². The van der Waals surface area contributed by atoms with Crippen LogP contribution in [0.4, 0.5) is 11.4 Å². The van der Waals surface area contributed by atoms with E-state index in [0.717, 1.165) is 42.6 Å². The van der Waals surface area contributed by atoms with Crippen LogP contribution in [0.5, 0.6) is 0 Å². The van der Waals surface area contributed by atoms with Crippen molar-refractivity contribution >= 4 is 27.3 Å². The summed E-state index contributed by atoms with van der Waals surface area (Å²) in [5, 5.41) is 3.22. The van der Waals surface area contributed by atoms with Crippen LogP contribution in [0.15, 0.2) is 54.6 Å². The van der Waals surface area contributed by atoms with E-state index in [9.17, 15) is 13.2 Å². The first kappa shape index (κ1) is 20.9. The molecule has 0 spiro atoms. The number of anilines is 2. The summed E-state index contributed by atoms with van der Waals surface area (Å²) in [5.74, 6) is 0.0495. The summed E-state index contributed by atoms with van der Waals surface area (Å²) in [6.07, 6.45) is 5.08. The molecule has 0 unspecified atom stereocenters. The highest BCUT2D eigenvalue weighted by Crippen LogP contribution is 2.42. The summed E-state index contributed by atoms with van der Waals surface area (Å²) in [6, 6.07) is 17.9. The minimum atomic E-state index is -3.17. The van der Waals surface area contributed by atoms with Crippen molar-refractivity contribution in [2.75, 3.05) is 42.7 Å². The van der Waals surface area contributed by atoms with E-state index in [-0.39, 0.29) is 5.91 Å². The van der Waals surface area contributed by atoms with Gasteiger partial charge in [0.25, 0.3) is 0 Å². The monoisotopic (exact) mass is 427 g/mol. The van der Waals surface area contributed by atoms with Crippen LogP contribution in [0.25, 0.3) is 0 Å². The van der Waals surface area contributed by atoms with Crippen LogP contribution in [-0.4, -0.2) is 51.1 Å². The zero-order chi connectivity index (χ0) is 21.2. The summed E-state index contributed by atoms with van der Waals surface area (Å²) < 4.78 is 25.1. The molecule has 1 saturated heterocycles. The quantitative estimate of drug-likeness (QED) is 0.796. The summed E-state index contributed by atoms with van der Waals surface area (Å²) in [4.78, 5) is 15.7. The number of nitrogens with one attached hydrogen (secondary N) is 1. The number of rotatable bonds is 5. The average molecular weight is 428 g/mol. The molecule has 2 aromatic rings. The molecule has 1 amide bonds. The Hall–Kier alpha value is -2.38. The molecule has 6 nitrogen and oxygen atoms in total. The Labute approximate surface area is 178 Å². The number of para-hydroxylation sites is 2. The van der Waals surface area contributed by atoms with Gasteiger partial charge in [-0.1, -0.05) is 55.3 Å². The second-order valence-corrected chi connectivity index (χ2v) is 10.3. The molecule has 2 aromatic carbocycles. The van der Waals surface area contributed by atoms with Crippen molar-refractivity contribution in [2.24, 2.45) is 0 Å². The van der Waals surface area contributed by atoms with Gasteiger partial charge in [-0.2, -0.15) is 4.31 Å². The van der Waals surface area contributed by atoms with Crippen LogP contribution in [0.3, 0.4) is 0 Å². The minimum Gasteiger partial charge on any atom is -0.367 e. The van der Waals surface area contributed by atoms with Gasteiger partial charge in [0.2, 0.25) is 15.9 Å². The number of benzene rings is 2. The number of hydrogen-bond acceptors (Lipinski definition) is 4. The number of amides is 1. The summed E-state index contributed by atoms with van der Waals surface area (Å²) in [7, 11) is -3.17. The molecule has 0 bridgehead atoms. The summed E-state index contributed by atoms with van der Waals surface area (Å²) >= 11 is 0. The standard InChI is InChI=1S/C23H29N3O3S/c1-30(28,29)26-17-15-25(16-18-26)21-12-6-5-11-20(21)24-22(27)23(13-7-8-14-23)19-9-3-2-4-10-19/h2-6,9-12H,7-8,13-18H2,1H3,(H,24,27). The Kier molecular flexibility index (Phi) is 5.84. The highest BCUT2D eigenvalue weighted by molar-refractivity contribution is 7.88. The SMILES string of the molecule is CS(=O)(=O)N1CCN(c2ccccc2NC(=O)C2(c3ccccc3)CCCC2)CC1. The summed E-state index contributed by atoms with van der Waals surface area (Å²) in [6.45, 7) is 2.11. The highest BCUT2D eigenvalue weighted by Gasteiger charge is 2.42. The normalized spacial score (nSPS) is 19.6. The Morgan fingerprint density at radius 1 is 0.900 bits per heavy atom. The van der Waals surface area contributed by atoms with E-state index in [1.54, 1.807) is 0 Å². The lowest BCUT2D eigenvalue weighted by Crippen LogP contribution is -2.48. The van der Waals surface area contributed by atoms with Crippen LogP contribution in [0, 0.1) is 0 Å². The van der Waals surface area contributed by atoms with Crippen molar-refractivity contribution < 1.29 is 13.2 Å². The molecule has 0 aromatic heterocycles. The topological polar surface area (TPSA) is 69.7 Å². The first-order valence-corrected chi connectivity index (χ1v) is 12.4. The van der Waals surface area contributed by atoms with Crippen LogP contribution in [0.2, 0.25) is 0 Å². The molecule has 0 radical (unpaired) electrons. The van der Waals surface area contributed by atoms with E-state index >= 15 is 0 Å². The third-order valence-electron chi connectivity index (χ3n) is 6.42. The molecular weight excluding hydrogens is 398 g/mol. The lowest BCUT2D eigenvalue weighted by molar-refractivity contribution is -0.121. The predicted molar refractivity (Wildman–Crippen MR) is 120 cm³/mol. The van der Waals surface area contributed by atoms with E-state index in [1.807, 2.05) is 42.5 Å². The smallest absolute Gasteiger partial charge is 0.235 e. The fourth-order valence-corrected chi connectivity index (χ4v) is 5.57. The molecule has 2 aliphatic rings. The van der Waals surface area contributed by atoms with Gasteiger partial charge in [-0.25, -0.2) is 8.42 Å². The second-order valence-electron chi connectivity index (χ2n) is 8.28. The molecule has 1 aliphatic carbocycles. The Morgan fingerprint density at radius 2 is 1.50 bits per heavy atom. The first-order valence-electron chi connectivity index (χ1n) is 10.6. The maximum Gasteiger partial charge on any atom is 0.235 e. The fraction of sp³-hybridized carbons (Fsp3) is 0.435. The fourth-order valence-electron chi connectivity index (χ4n) is 4.74. The molecule has 4 rings (SSSR count).